The minimum atomic E-state index is -4.31. The van der Waals surface area contributed by atoms with E-state index in [-0.39, 0.29) is 18.3 Å². The Morgan fingerprint density at radius 2 is 2.12 bits per heavy atom. The summed E-state index contributed by atoms with van der Waals surface area (Å²) in [5.41, 5.74) is 0. The largest absolute Gasteiger partial charge is 0.406 e. The van der Waals surface area contributed by atoms with Crippen LogP contribution in [0.1, 0.15) is 19.2 Å². The molecule has 1 rings (SSSR count). The highest BCUT2D eigenvalue weighted by Crippen LogP contribution is 2.23. The third-order valence-corrected chi connectivity index (χ3v) is 2.76. The van der Waals surface area contributed by atoms with E-state index in [9.17, 15) is 13.2 Å². The van der Waals surface area contributed by atoms with E-state index in [1.807, 2.05) is 6.92 Å². The van der Waals surface area contributed by atoms with Gasteiger partial charge in [0.2, 0.25) is 5.13 Å². The lowest BCUT2D eigenvalue weighted by Crippen LogP contribution is -2.36. The van der Waals surface area contributed by atoms with Crippen molar-refractivity contribution in [1.82, 2.24) is 9.36 Å². The van der Waals surface area contributed by atoms with Gasteiger partial charge >= 0.3 is 6.18 Å². The van der Waals surface area contributed by atoms with Crippen molar-refractivity contribution < 1.29 is 18.3 Å². The van der Waals surface area contributed by atoms with Crippen LogP contribution in [0.5, 0.6) is 0 Å². The summed E-state index contributed by atoms with van der Waals surface area (Å²) in [5, 5.41) is 8.96. The highest BCUT2D eigenvalue weighted by Gasteiger charge is 2.31. The third-order valence-electron chi connectivity index (χ3n) is 1.94. The van der Waals surface area contributed by atoms with Gasteiger partial charge < -0.3 is 10.0 Å². The van der Waals surface area contributed by atoms with E-state index in [1.165, 1.54) is 0 Å². The molecule has 0 fully saturated rings. The van der Waals surface area contributed by atoms with E-state index in [1.54, 1.807) is 0 Å². The lowest BCUT2D eigenvalue weighted by Gasteiger charge is -2.21. The molecule has 8 heteroatoms. The molecule has 1 aromatic rings. The summed E-state index contributed by atoms with van der Waals surface area (Å²) < 4.78 is 40.9. The van der Waals surface area contributed by atoms with Gasteiger partial charge in [0.25, 0.3) is 0 Å². The van der Waals surface area contributed by atoms with Gasteiger partial charge in [0.1, 0.15) is 12.4 Å². The maximum absolute atomic E-state index is 12.3. The number of halogens is 3. The molecule has 0 radical (unpaired) electrons. The van der Waals surface area contributed by atoms with Crippen molar-refractivity contribution in [3.05, 3.63) is 5.82 Å². The number of aromatic nitrogens is 2. The second kappa shape index (κ2) is 6.15. The Balaban J connectivity index is 2.74. The lowest BCUT2D eigenvalue weighted by molar-refractivity contribution is -0.119. The summed E-state index contributed by atoms with van der Waals surface area (Å²) in [5.74, 6) is 0.553. The number of aliphatic hydroxyl groups excluding tert-OH is 1. The third kappa shape index (κ3) is 4.86. The molecule has 17 heavy (non-hydrogen) atoms. The molecule has 0 saturated carbocycles. The Labute approximate surface area is 101 Å². The smallest absolute Gasteiger partial charge is 0.395 e. The molecule has 0 aliphatic heterocycles. The highest BCUT2D eigenvalue weighted by molar-refractivity contribution is 7.09. The Hall–Kier alpha value is -0.890. The molecule has 98 valence electrons. The molecule has 0 unspecified atom stereocenters. The highest BCUT2D eigenvalue weighted by atomic mass is 32.1. The fourth-order valence-electron chi connectivity index (χ4n) is 1.28. The van der Waals surface area contributed by atoms with Crippen LogP contribution in [0.4, 0.5) is 18.3 Å². The predicted octanol–water partition coefficient (Wildman–Crippen LogP) is 1.85. The van der Waals surface area contributed by atoms with Gasteiger partial charge in [-0.05, 0) is 6.42 Å². The first-order valence-corrected chi connectivity index (χ1v) is 5.98. The number of alkyl halides is 3. The maximum Gasteiger partial charge on any atom is 0.406 e. The summed E-state index contributed by atoms with van der Waals surface area (Å²) in [4.78, 5) is 5.02. The van der Waals surface area contributed by atoms with Gasteiger partial charge in [-0.15, -0.1) is 0 Å². The number of rotatable bonds is 6. The van der Waals surface area contributed by atoms with Crippen LogP contribution in [-0.2, 0) is 6.42 Å². The zero-order valence-electron chi connectivity index (χ0n) is 9.37. The zero-order chi connectivity index (χ0) is 12.9. The fraction of sp³-hybridized carbons (Fsp3) is 0.778. The van der Waals surface area contributed by atoms with Gasteiger partial charge in [-0.25, -0.2) is 4.98 Å². The van der Waals surface area contributed by atoms with Crippen molar-refractivity contribution in [3.63, 3.8) is 0 Å². The Morgan fingerprint density at radius 1 is 1.41 bits per heavy atom. The van der Waals surface area contributed by atoms with E-state index in [4.69, 9.17) is 5.11 Å². The molecule has 0 spiro atoms. The molecule has 1 aromatic heterocycles. The maximum atomic E-state index is 12.3. The molecule has 0 aliphatic rings. The second-order valence-corrected chi connectivity index (χ2v) is 4.23. The van der Waals surface area contributed by atoms with Crippen molar-refractivity contribution in [2.45, 2.75) is 25.9 Å². The van der Waals surface area contributed by atoms with E-state index in [0.29, 0.717) is 12.2 Å². The van der Waals surface area contributed by atoms with Crippen LogP contribution in [0.15, 0.2) is 0 Å². The topological polar surface area (TPSA) is 49.2 Å². The predicted molar refractivity (Wildman–Crippen MR) is 59.3 cm³/mol. The molecule has 0 amide bonds. The van der Waals surface area contributed by atoms with Gasteiger partial charge in [0.15, 0.2) is 0 Å². The second-order valence-electron chi connectivity index (χ2n) is 3.50. The number of hydrogen-bond donors (Lipinski definition) is 1. The molecule has 0 saturated heterocycles. The molecular formula is C9H14F3N3OS. The molecule has 0 bridgehead atoms. The zero-order valence-corrected chi connectivity index (χ0v) is 10.2. The van der Waals surface area contributed by atoms with Crippen molar-refractivity contribution in [2.24, 2.45) is 0 Å². The standard InChI is InChI=1S/C9H14F3N3OS/c1-2-3-7-13-8(17-14-7)15(4-5-16)6-9(10,11)12/h16H,2-6H2,1H3. The molecule has 0 atom stereocenters. The Kier molecular flexibility index (Phi) is 5.13. The average molecular weight is 269 g/mol. The summed E-state index contributed by atoms with van der Waals surface area (Å²) in [7, 11) is 0. The molecule has 1 heterocycles. The van der Waals surface area contributed by atoms with Crippen LogP contribution < -0.4 is 4.90 Å². The van der Waals surface area contributed by atoms with Gasteiger partial charge in [-0.3, -0.25) is 0 Å². The van der Waals surface area contributed by atoms with Gasteiger partial charge in [0.05, 0.1) is 6.61 Å². The minimum Gasteiger partial charge on any atom is -0.395 e. The number of aryl methyl sites for hydroxylation is 1. The van der Waals surface area contributed by atoms with E-state index < -0.39 is 12.7 Å². The van der Waals surface area contributed by atoms with Crippen LogP contribution in [0.3, 0.4) is 0 Å². The normalized spacial score (nSPS) is 11.8. The monoisotopic (exact) mass is 269 g/mol. The Morgan fingerprint density at radius 3 is 2.65 bits per heavy atom. The molecule has 1 N–H and O–H groups in total. The van der Waals surface area contributed by atoms with E-state index in [0.717, 1.165) is 22.9 Å². The Bertz CT molecular complexity index is 342. The van der Waals surface area contributed by atoms with Crippen molar-refractivity contribution >= 4 is 16.7 Å². The van der Waals surface area contributed by atoms with Crippen molar-refractivity contribution in [1.29, 1.82) is 0 Å². The van der Waals surface area contributed by atoms with Crippen LogP contribution in [-0.4, -0.2) is 40.3 Å². The van der Waals surface area contributed by atoms with E-state index in [2.05, 4.69) is 9.36 Å². The average Bonchev–Trinajstić information content (AvgIpc) is 2.64. The van der Waals surface area contributed by atoms with Crippen LogP contribution in [0.2, 0.25) is 0 Å². The first kappa shape index (κ1) is 14.2. The van der Waals surface area contributed by atoms with Gasteiger partial charge in [-0.1, -0.05) is 6.92 Å². The molecular weight excluding hydrogens is 255 g/mol. The van der Waals surface area contributed by atoms with E-state index >= 15 is 0 Å². The molecule has 0 aliphatic carbocycles. The van der Waals surface area contributed by atoms with Gasteiger partial charge in [0, 0.05) is 24.5 Å². The number of nitrogens with zero attached hydrogens (tertiary/aromatic N) is 3. The van der Waals surface area contributed by atoms with Crippen LogP contribution in [0.25, 0.3) is 0 Å². The lowest BCUT2D eigenvalue weighted by atomic mass is 10.3. The van der Waals surface area contributed by atoms with Crippen molar-refractivity contribution in [2.75, 3.05) is 24.6 Å². The number of hydrogen-bond acceptors (Lipinski definition) is 5. The summed E-state index contributed by atoms with van der Waals surface area (Å²) in [6.07, 6.45) is -2.82. The summed E-state index contributed by atoms with van der Waals surface area (Å²) in [6.45, 7) is 0.384. The SMILES string of the molecule is CCCc1nsc(N(CCO)CC(F)(F)F)n1. The first-order chi connectivity index (χ1) is 7.96. The number of anilines is 1. The number of aliphatic hydroxyl groups is 1. The van der Waals surface area contributed by atoms with Crippen LogP contribution >= 0.6 is 11.5 Å². The minimum absolute atomic E-state index is 0.0970. The first-order valence-electron chi connectivity index (χ1n) is 5.21. The molecule has 4 nitrogen and oxygen atoms in total. The van der Waals surface area contributed by atoms with Crippen LogP contribution in [0, 0.1) is 0 Å². The van der Waals surface area contributed by atoms with Crippen molar-refractivity contribution in [3.8, 4) is 0 Å². The molecule has 0 aromatic carbocycles. The fourth-order valence-corrected chi connectivity index (χ4v) is 2.01. The quantitative estimate of drug-likeness (QED) is 0.856. The van der Waals surface area contributed by atoms with Gasteiger partial charge in [-0.2, -0.15) is 17.5 Å². The summed E-state index contributed by atoms with van der Waals surface area (Å²) >= 11 is 0.932. The summed E-state index contributed by atoms with van der Waals surface area (Å²) in [6, 6.07) is 0.